The highest BCUT2D eigenvalue weighted by atomic mass is 35.5. The maximum absolute atomic E-state index is 6.24. The van der Waals surface area contributed by atoms with Gasteiger partial charge in [-0.2, -0.15) is 0 Å². The van der Waals surface area contributed by atoms with E-state index in [0.29, 0.717) is 10.0 Å². The minimum Gasteiger partial charge on any atom is -0.389 e. The molecule has 0 saturated carbocycles. The van der Waals surface area contributed by atoms with Crippen molar-refractivity contribution in [1.29, 1.82) is 0 Å². The Balaban J connectivity index is 2.01. The second kappa shape index (κ2) is 4.83. The molecule has 0 unspecified atom stereocenters. The number of thiocarbonyl (C=S) groups is 1. The molecule has 2 aromatic carbocycles. The molecular weight excluding hydrogens is 276 g/mol. The van der Waals surface area contributed by atoms with Crippen molar-refractivity contribution in [2.24, 2.45) is 5.73 Å². The number of rotatable bonds is 2. The van der Waals surface area contributed by atoms with E-state index in [9.17, 15) is 0 Å². The summed E-state index contributed by atoms with van der Waals surface area (Å²) in [5.41, 5.74) is 10.1. The fraction of sp³-hybridized carbons (Fsp3) is 0.133. The Morgan fingerprint density at radius 3 is 2.74 bits per heavy atom. The molecule has 0 radical (unpaired) electrons. The number of para-hydroxylation sites is 1. The van der Waals surface area contributed by atoms with Crippen LogP contribution in [0, 0.1) is 0 Å². The van der Waals surface area contributed by atoms with Crippen molar-refractivity contribution in [1.82, 2.24) is 0 Å². The number of benzene rings is 2. The van der Waals surface area contributed by atoms with Crippen LogP contribution < -0.4 is 10.6 Å². The lowest BCUT2D eigenvalue weighted by Gasteiger charge is -2.20. The molecule has 3 rings (SSSR count). The topological polar surface area (TPSA) is 29.3 Å². The lowest BCUT2D eigenvalue weighted by Crippen LogP contribution is -2.14. The van der Waals surface area contributed by atoms with Crippen molar-refractivity contribution in [2.45, 2.75) is 6.42 Å². The van der Waals surface area contributed by atoms with Crippen LogP contribution in [0.4, 0.5) is 11.4 Å². The largest absolute Gasteiger partial charge is 0.389 e. The van der Waals surface area contributed by atoms with Gasteiger partial charge in [-0.25, -0.2) is 0 Å². The first-order valence-corrected chi connectivity index (χ1v) is 6.90. The molecule has 1 heterocycles. The van der Waals surface area contributed by atoms with E-state index in [1.807, 2.05) is 18.2 Å². The number of nitrogens with two attached hydrogens (primary N) is 1. The van der Waals surface area contributed by atoms with Crippen LogP contribution in [0.25, 0.3) is 0 Å². The number of fused-ring (bicyclic) bond motifs is 1. The first kappa shape index (κ1) is 12.5. The van der Waals surface area contributed by atoms with Gasteiger partial charge >= 0.3 is 0 Å². The number of anilines is 2. The highest BCUT2D eigenvalue weighted by Crippen LogP contribution is 2.35. The molecule has 0 amide bonds. The van der Waals surface area contributed by atoms with E-state index in [4.69, 9.17) is 29.6 Å². The molecule has 0 spiro atoms. The fourth-order valence-corrected chi connectivity index (χ4v) is 2.99. The summed E-state index contributed by atoms with van der Waals surface area (Å²) >= 11 is 11.2. The number of hydrogen-bond donors (Lipinski definition) is 1. The highest BCUT2D eigenvalue weighted by molar-refractivity contribution is 7.80. The molecule has 19 heavy (non-hydrogen) atoms. The van der Waals surface area contributed by atoms with Crippen LogP contribution in [0.2, 0.25) is 5.02 Å². The number of halogens is 1. The van der Waals surface area contributed by atoms with E-state index in [1.54, 1.807) is 0 Å². The van der Waals surface area contributed by atoms with Gasteiger partial charge in [0.15, 0.2) is 0 Å². The molecule has 2 N–H and O–H groups in total. The lowest BCUT2D eigenvalue weighted by molar-refractivity contribution is 0.998. The third-order valence-electron chi connectivity index (χ3n) is 3.42. The van der Waals surface area contributed by atoms with Gasteiger partial charge in [-0.05, 0) is 36.2 Å². The van der Waals surface area contributed by atoms with Crippen molar-refractivity contribution in [2.75, 3.05) is 11.4 Å². The van der Waals surface area contributed by atoms with Gasteiger partial charge in [0, 0.05) is 23.5 Å². The van der Waals surface area contributed by atoms with Gasteiger partial charge < -0.3 is 10.6 Å². The van der Waals surface area contributed by atoms with Crippen LogP contribution in [-0.2, 0) is 6.42 Å². The van der Waals surface area contributed by atoms with Crippen LogP contribution in [0.15, 0.2) is 42.5 Å². The molecule has 0 aromatic heterocycles. The maximum atomic E-state index is 6.24. The van der Waals surface area contributed by atoms with E-state index < -0.39 is 0 Å². The van der Waals surface area contributed by atoms with Crippen LogP contribution in [0.1, 0.15) is 11.1 Å². The van der Waals surface area contributed by atoms with E-state index in [0.717, 1.165) is 24.2 Å². The molecule has 0 saturated heterocycles. The second-order valence-electron chi connectivity index (χ2n) is 4.56. The summed E-state index contributed by atoms with van der Waals surface area (Å²) in [4.78, 5) is 2.60. The van der Waals surface area contributed by atoms with Gasteiger partial charge in [0.1, 0.15) is 4.99 Å². The first-order chi connectivity index (χ1) is 9.16. The normalized spacial score (nSPS) is 13.4. The summed E-state index contributed by atoms with van der Waals surface area (Å²) in [5, 5.41) is 0.606. The van der Waals surface area contributed by atoms with Gasteiger partial charge in [0.2, 0.25) is 0 Å². The van der Waals surface area contributed by atoms with Crippen molar-refractivity contribution < 1.29 is 0 Å². The Bertz CT molecular complexity index is 654. The molecule has 2 aromatic rings. The monoisotopic (exact) mass is 288 g/mol. The predicted octanol–water partition coefficient (Wildman–Crippen LogP) is 3.67. The van der Waals surface area contributed by atoms with Crippen LogP contribution in [-0.4, -0.2) is 11.5 Å². The number of nitrogens with zero attached hydrogens (tertiary/aromatic N) is 1. The fourth-order valence-electron chi connectivity index (χ4n) is 2.48. The lowest BCUT2D eigenvalue weighted by atomic mass is 10.1. The van der Waals surface area contributed by atoms with E-state index in [2.05, 4.69) is 29.2 Å². The van der Waals surface area contributed by atoms with Crippen molar-refractivity contribution >= 4 is 40.2 Å². The molecule has 4 heteroatoms. The van der Waals surface area contributed by atoms with E-state index in [1.165, 1.54) is 11.3 Å². The molecule has 1 aliphatic rings. The van der Waals surface area contributed by atoms with Crippen LogP contribution in [0.3, 0.4) is 0 Å². The van der Waals surface area contributed by atoms with E-state index in [-0.39, 0.29) is 0 Å². The van der Waals surface area contributed by atoms with Crippen LogP contribution in [0.5, 0.6) is 0 Å². The Kier molecular flexibility index (Phi) is 3.17. The number of hydrogen-bond acceptors (Lipinski definition) is 2. The minimum absolute atomic E-state index is 0.332. The van der Waals surface area contributed by atoms with Gasteiger partial charge in [0.25, 0.3) is 0 Å². The van der Waals surface area contributed by atoms with Crippen LogP contribution >= 0.6 is 23.8 Å². The molecular formula is C15H13ClN2S. The predicted molar refractivity (Wildman–Crippen MR) is 84.5 cm³/mol. The Morgan fingerprint density at radius 1 is 1.21 bits per heavy atom. The second-order valence-corrected chi connectivity index (χ2v) is 5.41. The SMILES string of the molecule is NC(=S)c1ccc(N2CCc3ccccc32)cc1Cl. The van der Waals surface area contributed by atoms with Gasteiger partial charge in [-0.1, -0.05) is 42.0 Å². The average Bonchev–Trinajstić information content (AvgIpc) is 2.82. The van der Waals surface area contributed by atoms with Gasteiger partial charge in [-0.3, -0.25) is 0 Å². The minimum atomic E-state index is 0.332. The average molecular weight is 289 g/mol. The maximum Gasteiger partial charge on any atom is 0.105 e. The summed E-state index contributed by atoms with van der Waals surface area (Å²) in [6.07, 6.45) is 1.06. The van der Waals surface area contributed by atoms with Gasteiger partial charge in [-0.15, -0.1) is 0 Å². The summed E-state index contributed by atoms with van der Waals surface area (Å²) in [7, 11) is 0. The summed E-state index contributed by atoms with van der Waals surface area (Å²) in [6.45, 7) is 0.974. The molecule has 2 nitrogen and oxygen atoms in total. The quantitative estimate of drug-likeness (QED) is 0.855. The molecule has 1 aliphatic heterocycles. The first-order valence-electron chi connectivity index (χ1n) is 6.11. The smallest absolute Gasteiger partial charge is 0.105 e. The van der Waals surface area contributed by atoms with Gasteiger partial charge in [0.05, 0.1) is 5.02 Å². The zero-order chi connectivity index (χ0) is 13.4. The summed E-state index contributed by atoms with van der Waals surface area (Å²) in [5.74, 6) is 0. The summed E-state index contributed by atoms with van der Waals surface area (Å²) in [6, 6.07) is 14.3. The Morgan fingerprint density at radius 2 is 2.00 bits per heavy atom. The van der Waals surface area contributed by atoms with Crippen molar-refractivity contribution in [3.05, 3.63) is 58.6 Å². The zero-order valence-electron chi connectivity index (χ0n) is 10.3. The molecule has 96 valence electrons. The molecule has 0 atom stereocenters. The third kappa shape index (κ3) is 2.20. The highest BCUT2D eigenvalue weighted by Gasteiger charge is 2.20. The molecule has 0 bridgehead atoms. The molecule has 0 fully saturated rings. The summed E-state index contributed by atoms with van der Waals surface area (Å²) < 4.78 is 0. The van der Waals surface area contributed by atoms with E-state index >= 15 is 0 Å². The van der Waals surface area contributed by atoms with Crippen molar-refractivity contribution in [3.8, 4) is 0 Å². The standard InChI is InChI=1S/C15H13ClN2S/c16-13-9-11(5-6-12(13)15(17)19)18-8-7-10-3-1-2-4-14(10)18/h1-6,9H,7-8H2,(H2,17,19). The Labute approximate surface area is 122 Å². The van der Waals surface area contributed by atoms with Crippen molar-refractivity contribution in [3.63, 3.8) is 0 Å². The molecule has 0 aliphatic carbocycles. The third-order valence-corrected chi connectivity index (χ3v) is 3.95. The zero-order valence-corrected chi connectivity index (χ0v) is 11.8. The Hall–Kier alpha value is -1.58.